The first-order chi connectivity index (χ1) is 5.68. The van der Waals surface area contributed by atoms with Crippen LogP contribution in [-0.4, -0.2) is 10.5 Å². The number of nitrogens with one attached hydrogen (secondary N) is 1. The molecule has 0 spiro atoms. The number of rotatable bonds is 2. The van der Waals surface area contributed by atoms with Gasteiger partial charge in [-0.05, 0) is 31.9 Å². The smallest absolute Gasteiger partial charge is 0.214 e. The average Bonchev–Trinajstić information content (AvgIpc) is 2.67. The third kappa shape index (κ3) is 1.55. The van der Waals surface area contributed by atoms with Crippen molar-refractivity contribution in [3.05, 3.63) is 24.1 Å². The summed E-state index contributed by atoms with van der Waals surface area (Å²) in [4.78, 5) is 3.72. The van der Waals surface area contributed by atoms with Crippen molar-refractivity contribution in [1.82, 2.24) is 4.98 Å². The van der Waals surface area contributed by atoms with Crippen LogP contribution in [0.25, 0.3) is 0 Å². The molecule has 0 amide bonds. The molecule has 1 aromatic heterocycles. The number of pyridine rings is 1. The molecule has 1 aliphatic carbocycles. The molecule has 64 valence electrons. The number of hydrogen-bond acceptors (Lipinski definition) is 2. The van der Waals surface area contributed by atoms with E-state index in [1.807, 2.05) is 0 Å². The molecule has 0 saturated heterocycles. The van der Waals surface area contributed by atoms with E-state index < -0.39 is 5.95 Å². The van der Waals surface area contributed by atoms with Crippen molar-refractivity contribution in [1.29, 1.82) is 0 Å². The van der Waals surface area contributed by atoms with E-state index in [1.54, 1.807) is 12.1 Å². The lowest BCUT2D eigenvalue weighted by atomic mass is 10.3. The van der Waals surface area contributed by atoms with Gasteiger partial charge in [0.2, 0.25) is 5.95 Å². The number of aromatic nitrogens is 1. The molecule has 1 saturated carbocycles. The standard InChI is InChI=1S/C9H11FN2/c1-9(5-6-9)12-8-4-2-3-7(10)11-8/h2-4H,5-6H2,1H3,(H,11,12). The maximum absolute atomic E-state index is 12.6. The molecular formula is C9H11FN2. The molecule has 0 atom stereocenters. The predicted octanol–water partition coefficient (Wildman–Crippen LogP) is 2.19. The Kier molecular flexibility index (Phi) is 1.53. The topological polar surface area (TPSA) is 24.9 Å². The maximum Gasteiger partial charge on any atom is 0.214 e. The second kappa shape index (κ2) is 2.44. The Labute approximate surface area is 70.8 Å². The molecule has 0 unspecified atom stereocenters. The molecule has 1 aliphatic rings. The molecule has 0 aromatic carbocycles. The average molecular weight is 166 g/mol. The SMILES string of the molecule is CC1(Nc2cccc(F)n2)CC1. The third-order valence-corrected chi connectivity index (χ3v) is 2.14. The van der Waals surface area contributed by atoms with Crippen LogP contribution < -0.4 is 5.32 Å². The fraction of sp³-hybridized carbons (Fsp3) is 0.444. The summed E-state index contributed by atoms with van der Waals surface area (Å²) in [5.74, 6) is 0.208. The summed E-state index contributed by atoms with van der Waals surface area (Å²) in [5.41, 5.74) is 0.167. The lowest BCUT2D eigenvalue weighted by molar-refractivity contribution is 0.584. The quantitative estimate of drug-likeness (QED) is 0.681. The Balaban J connectivity index is 2.12. The van der Waals surface area contributed by atoms with E-state index in [2.05, 4.69) is 17.2 Å². The molecule has 2 nitrogen and oxygen atoms in total. The first kappa shape index (κ1) is 7.53. The van der Waals surface area contributed by atoms with E-state index in [0.29, 0.717) is 5.82 Å². The zero-order valence-electron chi connectivity index (χ0n) is 6.97. The van der Waals surface area contributed by atoms with Crippen LogP contribution in [0.2, 0.25) is 0 Å². The molecule has 1 N–H and O–H groups in total. The highest BCUT2D eigenvalue weighted by atomic mass is 19.1. The van der Waals surface area contributed by atoms with Gasteiger partial charge in [0.05, 0.1) is 0 Å². The van der Waals surface area contributed by atoms with E-state index in [9.17, 15) is 4.39 Å². The molecule has 1 aromatic rings. The highest BCUT2D eigenvalue weighted by molar-refractivity contribution is 5.39. The fourth-order valence-electron chi connectivity index (χ4n) is 1.10. The van der Waals surface area contributed by atoms with Gasteiger partial charge in [-0.25, -0.2) is 4.98 Å². The fourth-order valence-corrected chi connectivity index (χ4v) is 1.10. The van der Waals surface area contributed by atoms with Crippen LogP contribution >= 0.6 is 0 Å². The zero-order chi connectivity index (χ0) is 8.60. The summed E-state index contributed by atoms with van der Waals surface area (Å²) < 4.78 is 12.6. The highest BCUT2D eigenvalue weighted by Gasteiger charge is 2.37. The number of hydrogen-bond donors (Lipinski definition) is 1. The highest BCUT2D eigenvalue weighted by Crippen LogP contribution is 2.37. The second-order valence-electron chi connectivity index (χ2n) is 3.53. The van der Waals surface area contributed by atoms with Gasteiger partial charge in [0.1, 0.15) is 5.82 Å². The molecular weight excluding hydrogens is 155 g/mol. The summed E-state index contributed by atoms with van der Waals surface area (Å²) in [6, 6.07) is 4.80. The van der Waals surface area contributed by atoms with E-state index in [1.165, 1.54) is 6.07 Å². The maximum atomic E-state index is 12.6. The molecule has 2 rings (SSSR count). The summed E-state index contributed by atoms with van der Waals surface area (Å²) in [6.45, 7) is 2.11. The molecule has 0 radical (unpaired) electrons. The largest absolute Gasteiger partial charge is 0.365 e. The molecule has 1 heterocycles. The van der Waals surface area contributed by atoms with Gasteiger partial charge in [0, 0.05) is 5.54 Å². The Morgan fingerprint density at radius 1 is 1.50 bits per heavy atom. The summed E-state index contributed by atoms with van der Waals surface area (Å²) in [6.07, 6.45) is 2.29. The minimum absolute atomic E-state index is 0.167. The van der Waals surface area contributed by atoms with Crippen LogP contribution in [0.1, 0.15) is 19.8 Å². The Morgan fingerprint density at radius 2 is 2.25 bits per heavy atom. The van der Waals surface area contributed by atoms with Gasteiger partial charge in [0.15, 0.2) is 0 Å². The lowest BCUT2D eigenvalue weighted by Gasteiger charge is -2.11. The molecule has 1 fully saturated rings. The molecule has 0 aliphatic heterocycles. The normalized spacial score (nSPS) is 18.8. The monoisotopic (exact) mass is 166 g/mol. The molecule has 3 heteroatoms. The minimum Gasteiger partial charge on any atom is -0.365 e. The summed E-state index contributed by atoms with van der Waals surface area (Å²) in [5, 5.41) is 3.18. The summed E-state index contributed by atoms with van der Waals surface area (Å²) in [7, 11) is 0. The number of halogens is 1. The second-order valence-corrected chi connectivity index (χ2v) is 3.53. The third-order valence-electron chi connectivity index (χ3n) is 2.14. The van der Waals surface area contributed by atoms with Gasteiger partial charge < -0.3 is 5.32 Å². The van der Waals surface area contributed by atoms with Gasteiger partial charge in [-0.1, -0.05) is 6.07 Å². The molecule has 0 bridgehead atoms. The first-order valence-corrected chi connectivity index (χ1v) is 4.09. The Bertz CT molecular complexity index is 294. The van der Waals surface area contributed by atoms with E-state index in [-0.39, 0.29) is 5.54 Å². The van der Waals surface area contributed by atoms with Crippen molar-refractivity contribution in [2.24, 2.45) is 0 Å². The first-order valence-electron chi connectivity index (χ1n) is 4.09. The van der Waals surface area contributed by atoms with Gasteiger partial charge in [-0.15, -0.1) is 0 Å². The molecule has 12 heavy (non-hydrogen) atoms. The van der Waals surface area contributed by atoms with Crippen molar-refractivity contribution in [2.45, 2.75) is 25.3 Å². The summed E-state index contributed by atoms with van der Waals surface area (Å²) >= 11 is 0. The van der Waals surface area contributed by atoms with Crippen molar-refractivity contribution in [2.75, 3.05) is 5.32 Å². The van der Waals surface area contributed by atoms with Crippen molar-refractivity contribution >= 4 is 5.82 Å². The van der Waals surface area contributed by atoms with Crippen molar-refractivity contribution in [3.8, 4) is 0 Å². The minimum atomic E-state index is -0.427. The van der Waals surface area contributed by atoms with Crippen molar-refractivity contribution in [3.63, 3.8) is 0 Å². The van der Waals surface area contributed by atoms with E-state index in [0.717, 1.165) is 12.8 Å². The van der Waals surface area contributed by atoms with Crippen LogP contribution in [0.15, 0.2) is 18.2 Å². The van der Waals surface area contributed by atoms with Gasteiger partial charge in [0.25, 0.3) is 0 Å². The van der Waals surface area contributed by atoms with Crippen LogP contribution in [0.3, 0.4) is 0 Å². The van der Waals surface area contributed by atoms with Crippen LogP contribution in [-0.2, 0) is 0 Å². The van der Waals surface area contributed by atoms with Crippen LogP contribution in [0.5, 0.6) is 0 Å². The van der Waals surface area contributed by atoms with Gasteiger partial charge in [-0.3, -0.25) is 0 Å². The van der Waals surface area contributed by atoms with E-state index >= 15 is 0 Å². The van der Waals surface area contributed by atoms with Crippen molar-refractivity contribution < 1.29 is 4.39 Å². The predicted molar refractivity (Wildman–Crippen MR) is 45.5 cm³/mol. The van der Waals surface area contributed by atoms with Crippen LogP contribution in [0.4, 0.5) is 10.2 Å². The lowest BCUT2D eigenvalue weighted by Crippen LogP contribution is -2.16. The van der Waals surface area contributed by atoms with E-state index in [4.69, 9.17) is 0 Å². The van der Waals surface area contributed by atoms with Crippen LogP contribution in [0, 0.1) is 5.95 Å². The number of anilines is 1. The van der Waals surface area contributed by atoms with Gasteiger partial charge >= 0.3 is 0 Å². The Hall–Kier alpha value is -1.12. The van der Waals surface area contributed by atoms with Gasteiger partial charge in [-0.2, -0.15) is 4.39 Å². The number of nitrogens with zero attached hydrogens (tertiary/aromatic N) is 1. The zero-order valence-corrected chi connectivity index (χ0v) is 6.97. The Morgan fingerprint density at radius 3 is 2.83 bits per heavy atom.